The third kappa shape index (κ3) is 3.39. The number of hydrogen-bond acceptors (Lipinski definition) is 4. The molecule has 0 aromatic carbocycles. The highest BCUT2D eigenvalue weighted by molar-refractivity contribution is 9.10. The van der Waals surface area contributed by atoms with Crippen molar-refractivity contribution in [2.24, 2.45) is 0 Å². The molecule has 0 spiro atoms. The Kier molecular flexibility index (Phi) is 5.36. The van der Waals surface area contributed by atoms with Crippen LogP contribution in [0, 0.1) is 0 Å². The third-order valence-corrected chi connectivity index (χ3v) is 3.89. The Balaban J connectivity index is 2.39. The minimum atomic E-state index is -2.99. The van der Waals surface area contributed by atoms with Crippen molar-refractivity contribution in [2.75, 3.05) is 0 Å². The van der Waals surface area contributed by atoms with Gasteiger partial charge in [0.2, 0.25) is 5.67 Å². The summed E-state index contributed by atoms with van der Waals surface area (Å²) in [4.78, 5) is 18.8. The van der Waals surface area contributed by atoms with Gasteiger partial charge in [-0.1, -0.05) is 12.1 Å². The average Bonchev–Trinajstić information content (AvgIpc) is 2.52. The molecule has 2 aromatic heterocycles. The van der Waals surface area contributed by atoms with Gasteiger partial charge < -0.3 is 5.11 Å². The highest BCUT2D eigenvalue weighted by Gasteiger charge is 2.47. The van der Waals surface area contributed by atoms with Crippen LogP contribution in [-0.2, 0) is 10.5 Å². The molecule has 2 aromatic rings. The first-order valence-electron chi connectivity index (χ1n) is 6.11. The Morgan fingerprint density at radius 3 is 2.27 bits per heavy atom. The summed E-state index contributed by atoms with van der Waals surface area (Å²) in [6.45, 7) is 0. The number of aliphatic hydroxyl groups excluding tert-OH is 1. The van der Waals surface area contributed by atoms with E-state index < -0.39 is 17.9 Å². The monoisotopic (exact) mass is 434 g/mol. The fourth-order valence-corrected chi connectivity index (χ4v) is 2.56. The highest BCUT2D eigenvalue weighted by atomic mass is 79.9. The summed E-state index contributed by atoms with van der Waals surface area (Å²) in [7, 11) is 0. The lowest BCUT2D eigenvalue weighted by molar-refractivity contribution is -0.132. The second-order valence-electron chi connectivity index (χ2n) is 4.46. The average molecular weight is 436 g/mol. The standard InChI is InChI=1S/C14H10Br2F2N2O2/c15-10-5-1-3-8(19-10)12(17)13(22)14(18,7-21)9-4-2-6-11(16)20-9/h1-7,12-13,22H. The smallest absolute Gasteiger partial charge is 0.236 e. The minimum absolute atomic E-state index is 0.156. The van der Waals surface area contributed by atoms with Crippen molar-refractivity contribution in [1.82, 2.24) is 9.97 Å². The molecule has 4 nitrogen and oxygen atoms in total. The molecule has 0 aliphatic heterocycles. The summed E-state index contributed by atoms with van der Waals surface area (Å²) in [5.41, 5.74) is -3.57. The molecule has 2 rings (SSSR count). The molecule has 0 amide bonds. The summed E-state index contributed by atoms with van der Waals surface area (Å²) in [6, 6.07) is 8.48. The molecule has 1 N–H and O–H groups in total. The number of aromatic nitrogens is 2. The number of hydrogen-bond donors (Lipinski definition) is 1. The van der Waals surface area contributed by atoms with Crippen molar-refractivity contribution in [3.63, 3.8) is 0 Å². The molecule has 0 saturated carbocycles. The Morgan fingerprint density at radius 2 is 1.73 bits per heavy atom. The van der Waals surface area contributed by atoms with Gasteiger partial charge in [0, 0.05) is 0 Å². The number of aldehydes is 1. The Bertz CT molecular complexity index is 689. The molecular weight excluding hydrogens is 426 g/mol. The van der Waals surface area contributed by atoms with Crippen LogP contribution in [0.5, 0.6) is 0 Å². The molecule has 2 heterocycles. The van der Waals surface area contributed by atoms with E-state index in [0.717, 1.165) is 0 Å². The molecule has 3 atom stereocenters. The van der Waals surface area contributed by atoms with Crippen molar-refractivity contribution < 1.29 is 18.7 Å². The van der Waals surface area contributed by atoms with Gasteiger partial charge in [0.15, 0.2) is 12.5 Å². The largest absolute Gasteiger partial charge is 0.385 e. The summed E-state index contributed by atoms with van der Waals surface area (Å²) < 4.78 is 29.9. The van der Waals surface area contributed by atoms with E-state index in [1.807, 2.05) is 0 Å². The number of halogens is 4. The second-order valence-corrected chi connectivity index (χ2v) is 6.09. The predicted molar refractivity (Wildman–Crippen MR) is 82.6 cm³/mol. The van der Waals surface area contributed by atoms with E-state index in [2.05, 4.69) is 41.8 Å². The molecule has 8 heteroatoms. The van der Waals surface area contributed by atoms with Gasteiger partial charge in [-0.15, -0.1) is 0 Å². The van der Waals surface area contributed by atoms with E-state index in [4.69, 9.17) is 0 Å². The van der Waals surface area contributed by atoms with E-state index in [-0.39, 0.29) is 22.3 Å². The van der Waals surface area contributed by atoms with Crippen LogP contribution in [-0.4, -0.2) is 27.5 Å². The second kappa shape index (κ2) is 6.89. The molecule has 0 saturated heterocycles. The lowest BCUT2D eigenvalue weighted by Crippen LogP contribution is -2.41. The molecule has 3 unspecified atom stereocenters. The molecule has 116 valence electrons. The zero-order valence-electron chi connectivity index (χ0n) is 11.0. The number of aliphatic hydroxyl groups is 1. The van der Waals surface area contributed by atoms with E-state index in [9.17, 15) is 18.7 Å². The molecule has 0 fully saturated rings. The number of nitrogens with zero attached hydrogens (tertiary/aromatic N) is 2. The van der Waals surface area contributed by atoms with Crippen molar-refractivity contribution in [1.29, 1.82) is 0 Å². The van der Waals surface area contributed by atoms with Crippen molar-refractivity contribution in [3.05, 3.63) is 57.0 Å². The highest BCUT2D eigenvalue weighted by Crippen LogP contribution is 2.36. The number of pyridine rings is 2. The van der Waals surface area contributed by atoms with Crippen LogP contribution < -0.4 is 0 Å². The maximum atomic E-state index is 14.9. The molecular formula is C14H10Br2F2N2O2. The van der Waals surface area contributed by atoms with Gasteiger partial charge in [-0.05, 0) is 56.1 Å². The van der Waals surface area contributed by atoms with Crippen LogP contribution in [0.1, 0.15) is 17.6 Å². The van der Waals surface area contributed by atoms with Crippen LogP contribution in [0.25, 0.3) is 0 Å². The van der Waals surface area contributed by atoms with Gasteiger partial charge >= 0.3 is 0 Å². The lowest BCUT2D eigenvalue weighted by Gasteiger charge is -2.26. The van der Waals surface area contributed by atoms with Gasteiger partial charge in [-0.2, -0.15) is 0 Å². The van der Waals surface area contributed by atoms with Gasteiger partial charge in [0.05, 0.1) is 11.4 Å². The van der Waals surface area contributed by atoms with Gasteiger partial charge in [-0.3, -0.25) is 4.79 Å². The summed E-state index contributed by atoms with van der Waals surface area (Å²) >= 11 is 6.10. The Hall–Kier alpha value is -1.25. The summed E-state index contributed by atoms with van der Waals surface area (Å²) in [5.74, 6) is 0. The summed E-state index contributed by atoms with van der Waals surface area (Å²) in [5, 5.41) is 10.0. The lowest BCUT2D eigenvalue weighted by atomic mass is 9.91. The molecule has 0 aliphatic carbocycles. The summed E-state index contributed by atoms with van der Waals surface area (Å²) in [6.07, 6.45) is -4.64. The first-order valence-corrected chi connectivity index (χ1v) is 7.70. The van der Waals surface area contributed by atoms with Gasteiger partial charge in [-0.25, -0.2) is 18.7 Å². The van der Waals surface area contributed by atoms with Crippen LogP contribution in [0.2, 0.25) is 0 Å². The zero-order chi connectivity index (χ0) is 16.3. The van der Waals surface area contributed by atoms with Gasteiger partial charge in [0.25, 0.3) is 0 Å². The van der Waals surface area contributed by atoms with E-state index in [1.165, 1.54) is 30.3 Å². The third-order valence-electron chi connectivity index (χ3n) is 3.01. The Labute approximate surface area is 141 Å². The quantitative estimate of drug-likeness (QED) is 0.577. The van der Waals surface area contributed by atoms with Crippen LogP contribution in [0.15, 0.2) is 45.6 Å². The fraction of sp³-hybridized carbons (Fsp3) is 0.214. The number of rotatable bonds is 5. The van der Waals surface area contributed by atoms with Crippen LogP contribution in [0.4, 0.5) is 8.78 Å². The number of carbonyl (C=O) groups excluding carboxylic acids is 1. The molecule has 0 aliphatic rings. The first-order chi connectivity index (χ1) is 10.4. The van der Waals surface area contributed by atoms with E-state index >= 15 is 0 Å². The number of alkyl halides is 2. The van der Waals surface area contributed by atoms with Gasteiger partial charge in [0.1, 0.15) is 15.3 Å². The normalized spacial score (nSPS) is 16.6. The number of carbonyl (C=O) groups is 1. The maximum Gasteiger partial charge on any atom is 0.236 e. The van der Waals surface area contributed by atoms with Crippen LogP contribution in [0.3, 0.4) is 0 Å². The first kappa shape index (κ1) is 17.1. The maximum absolute atomic E-state index is 14.9. The molecule has 0 radical (unpaired) electrons. The SMILES string of the molecule is O=CC(F)(c1cccc(Br)n1)C(O)C(F)c1cccc(Br)n1. The zero-order valence-corrected chi connectivity index (χ0v) is 14.1. The van der Waals surface area contributed by atoms with E-state index in [0.29, 0.717) is 4.60 Å². The minimum Gasteiger partial charge on any atom is -0.385 e. The predicted octanol–water partition coefficient (Wildman–Crippen LogP) is 3.44. The van der Waals surface area contributed by atoms with Crippen molar-refractivity contribution >= 4 is 38.1 Å². The molecule has 22 heavy (non-hydrogen) atoms. The molecule has 0 bridgehead atoms. The van der Waals surface area contributed by atoms with Crippen molar-refractivity contribution in [2.45, 2.75) is 17.9 Å². The topological polar surface area (TPSA) is 63.1 Å². The van der Waals surface area contributed by atoms with Crippen LogP contribution >= 0.6 is 31.9 Å². The van der Waals surface area contributed by atoms with Crippen molar-refractivity contribution in [3.8, 4) is 0 Å². The fourth-order valence-electron chi connectivity index (χ4n) is 1.86. The Morgan fingerprint density at radius 1 is 1.14 bits per heavy atom. The van der Waals surface area contributed by atoms with E-state index in [1.54, 1.807) is 6.07 Å².